The van der Waals surface area contributed by atoms with E-state index in [1.54, 1.807) is 28.2 Å². The highest BCUT2D eigenvalue weighted by molar-refractivity contribution is 8.76. The molecule has 1 unspecified atom stereocenters. The molecule has 15 atom stereocenters. The molecule has 1 aliphatic carbocycles. The number of anilines is 3. The Morgan fingerprint density at radius 3 is 2.31 bits per heavy atom. The molecule has 0 radical (unpaired) electrons. The maximum absolute atomic E-state index is 15.3. The van der Waals surface area contributed by atoms with Crippen LogP contribution in [0, 0.1) is 23.2 Å². The molecule has 3 fully saturated rings. The zero-order valence-corrected chi connectivity index (χ0v) is 68.6. The van der Waals surface area contributed by atoms with E-state index >= 15 is 4.79 Å². The lowest BCUT2D eigenvalue weighted by molar-refractivity contribution is -0.204. The molecule has 38 heteroatoms. The summed E-state index contributed by atoms with van der Waals surface area (Å²) in [6.45, 7) is 10.5. The summed E-state index contributed by atoms with van der Waals surface area (Å²) in [5, 5.41) is 67.7. The van der Waals surface area contributed by atoms with E-state index in [4.69, 9.17) is 24.7 Å². The van der Waals surface area contributed by atoms with Crippen LogP contribution in [0.25, 0.3) is 22.1 Å². The van der Waals surface area contributed by atoms with Crippen LogP contribution < -0.4 is 53.0 Å². The predicted molar refractivity (Wildman–Crippen MR) is 437 cm³/mol. The Labute approximate surface area is 691 Å². The summed E-state index contributed by atoms with van der Waals surface area (Å²) in [5.74, 6) is -11.7. The Hall–Kier alpha value is -10.8. The van der Waals surface area contributed by atoms with Gasteiger partial charge in [0.05, 0.1) is 67.4 Å². The van der Waals surface area contributed by atoms with Crippen LogP contribution >= 0.6 is 21.6 Å². The average Bonchev–Trinajstić information content (AvgIpc) is 1.49. The first-order chi connectivity index (χ1) is 56.8. The third kappa shape index (κ3) is 17.7. The highest BCUT2D eigenvalue weighted by Crippen LogP contribution is 2.68. The van der Waals surface area contributed by atoms with Crippen molar-refractivity contribution < 1.29 is 97.2 Å². The number of nitrogen functional groups attached to an aromatic ring is 1. The van der Waals surface area contributed by atoms with Crippen LogP contribution in [-0.4, -0.2) is 246 Å². The Balaban J connectivity index is 0.629. The van der Waals surface area contributed by atoms with Crippen LogP contribution in [-0.2, 0) is 81.3 Å². The standard InChI is InChI=1S/C81H101N15O21S2/c1-8-77(115-7)33-45-34-79(41-116-42-97,64-52(38-95(37-45)40-77)51-13-10-11-14-55(51)87-64)54-30-53-58(32-60(54)114-6)94(5)72-80(53)22-24-96-23-12-21-78(9-2,71(80)96)73(110)81(72,113)74(111)92-93-76(112)117-25-26-118-119-39-44(4)85-68(106)47(29-61(100)101)28-59(99)57(31-62(102)103)89-66(104)43(3)27-50(98)19-20-56(70(108)109)88-67(105)46-15-17-48(18-16-46)83-35-49-36-84-65-63(86-49)69(107)91-75(82)90-65/h10-18,21,30,32,36,42-45,47,56-57,71-73,83,87,110,113H,8-9,19-20,22-29,31,33-35,37-41H2,1-7H3,(H,85,106)(H,88,105)(H,89,104)(H,92,111)(H,93,112)(H,100,101)(H,102,103)(H,108,109)(H3,82,84,90,91,107)/t43-,44-,45-,47+,56+,57+,71+,72-,73-,77+,78-,79+,80-,81+/m1/s1. The number of hydrazine groups is 1. The Kier molecular flexibility index (Phi) is 26.8. The molecule has 8 heterocycles. The number of rotatable bonds is 37. The zero-order chi connectivity index (χ0) is 85.6. The maximum Gasteiger partial charge on any atom is 0.426 e. The number of amides is 5. The van der Waals surface area contributed by atoms with Crippen LogP contribution in [0.15, 0.2) is 83.8 Å². The van der Waals surface area contributed by atoms with Crippen molar-refractivity contribution in [2.75, 3.05) is 88.1 Å². The van der Waals surface area contributed by atoms with Crippen LogP contribution in [0.2, 0.25) is 0 Å². The van der Waals surface area contributed by atoms with Gasteiger partial charge in [-0.15, -0.1) is 0 Å². The minimum absolute atomic E-state index is 0.0163. The first-order valence-corrected chi connectivity index (χ1v) is 42.0. The number of hydrogen-bond acceptors (Lipinski definition) is 28. The van der Waals surface area contributed by atoms with Gasteiger partial charge in [0.25, 0.3) is 23.8 Å². The summed E-state index contributed by atoms with van der Waals surface area (Å²) < 4.78 is 24.4. The largest absolute Gasteiger partial charge is 0.496 e. The molecule has 6 aromatic rings. The molecule has 2 bridgehead atoms. The third-order valence-electron chi connectivity index (χ3n) is 24.5. The van der Waals surface area contributed by atoms with Gasteiger partial charge in [-0.3, -0.25) is 68.2 Å². The first-order valence-electron chi connectivity index (χ1n) is 39.5. The van der Waals surface area contributed by atoms with Crippen molar-refractivity contribution in [1.82, 2.24) is 61.5 Å². The molecule has 1 saturated carbocycles. The number of carbonyl (C=O) groups excluding carboxylic acids is 8. The fraction of sp³-hybridized carbons (Fsp3) is 0.519. The number of H-pyrrole nitrogens is 2. The quantitative estimate of drug-likeness (QED) is 0.00862. The normalized spacial score (nSPS) is 25.2. The fourth-order valence-electron chi connectivity index (χ4n) is 19.1. The van der Waals surface area contributed by atoms with E-state index < -0.39 is 172 Å². The number of aliphatic hydroxyl groups is 2. The number of benzene rings is 3. The number of nitrogens with one attached hydrogen (secondary N) is 8. The Morgan fingerprint density at radius 2 is 1.61 bits per heavy atom. The summed E-state index contributed by atoms with van der Waals surface area (Å²) in [7, 11) is 7.60. The van der Waals surface area contributed by atoms with Gasteiger partial charge >= 0.3 is 24.0 Å². The van der Waals surface area contributed by atoms with E-state index in [0.29, 0.717) is 68.2 Å². The SMILES string of the molecule is CC[C@]1(OC)C[C@H]2CN(Cc3c([nH]c4ccccc34)[C@@](COC=O)(c3cc4c(cc3OC)N(C)[C@H]3[C@@](O)(C(=O)NNC(=O)OCCSSC[C@@H](C)NC(=O)[C@H](CC(=O)O)CC(=O)[C@H](CC(=O)O)NC(=O)[C@H](C)CC(=O)CC[C@H](NC(=O)c5ccc(NCc6cnc7nc(N)[nH]c(=O)c7n6)cc5)C(=O)O)[C@H](O)[C@]5(CC)C=CCN6CC[C@]43[C@@H]65)C2)C1. The number of likely N-dealkylation sites (N-methyl/N-ethyl adjacent to an activating group) is 1. The second-order valence-corrected chi connectivity index (χ2v) is 34.5. The lowest BCUT2D eigenvalue weighted by atomic mass is 9.47. The number of ether oxygens (including phenoxy) is 4. The molecule has 5 aliphatic heterocycles. The van der Waals surface area contributed by atoms with Crippen molar-refractivity contribution in [2.24, 2.45) is 23.2 Å². The number of para-hydroxylation sites is 1. The maximum atomic E-state index is 15.3. The number of carboxylic acid groups (broad SMARTS) is 3. The van der Waals surface area contributed by atoms with Gasteiger partial charge < -0.3 is 81.4 Å². The van der Waals surface area contributed by atoms with Crippen LogP contribution in [0.3, 0.4) is 0 Å². The van der Waals surface area contributed by atoms with Gasteiger partial charge in [0, 0.05) is 145 Å². The van der Waals surface area contributed by atoms with E-state index in [1.165, 1.54) is 59.0 Å². The molecular weight excluding hydrogens is 1580 g/mol. The van der Waals surface area contributed by atoms with E-state index in [-0.39, 0.29) is 66.3 Å². The molecule has 638 valence electrons. The summed E-state index contributed by atoms with van der Waals surface area (Å²) in [4.78, 5) is 182. The number of methoxy groups -OCH3 is 2. The smallest absolute Gasteiger partial charge is 0.426 e. The molecule has 15 N–H and O–H groups in total. The number of aliphatic carboxylic acids is 3. The van der Waals surface area contributed by atoms with Crippen molar-refractivity contribution in [3.8, 4) is 5.75 Å². The van der Waals surface area contributed by atoms with Crippen molar-refractivity contribution >= 4 is 127 Å². The lowest BCUT2D eigenvalue weighted by Crippen LogP contribution is -2.82. The number of nitrogens with zero attached hydrogens (tertiary/aromatic N) is 6. The number of aromatic amines is 2. The van der Waals surface area contributed by atoms with E-state index in [9.17, 15) is 78.3 Å². The number of hydrogen-bond donors (Lipinski definition) is 14. The summed E-state index contributed by atoms with van der Waals surface area (Å²) in [6, 6.07) is 12.5. The molecule has 6 aliphatic rings. The van der Waals surface area contributed by atoms with E-state index in [2.05, 4.69) is 85.9 Å². The molecule has 3 aromatic heterocycles. The number of aliphatic hydroxyl groups excluding tert-OH is 1. The number of ketones is 2. The Bertz CT molecular complexity index is 4990. The molecule has 36 nitrogen and oxygen atoms in total. The fourth-order valence-corrected chi connectivity index (χ4v) is 21.2. The number of carbonyl (C=O) groups is 11. The second kappa shape index (κ2) is 36.4. The van der Waals surface area contributed by atoms with Gasteiger partial charge in [0.2, 0.25) is 17.8 Å². The number of piperidine rings is 1. The van der Waals surface area contributed by atoms with E-state index in [0.717, 1.165) is 59.2 Å². The van der Waals surface area contributed by atoms with Gasteiger partial charge in [-0.1, -0.05) is 72.7 Å². The minimum Gasteiger partial charge on any atom is -0.496 e. The molecule has 119 heavy (non-hydrogen) atoms. The number of aromatic nitrogens is 5. The number of nitrogens with two attached hydrogens (primary N) is 1. The van der Waals surface area contributed by atoms with Gasteiger partial charge in [-0.05, 0) is 105 Å². The van der Waals surface area contributed by atoms with Crippen LogP contribution in [0.5, 0.6) is 5.75 Å². The summed E-state index contributed by atoms with van der Waals surface area (Å²) >= 11 is 0. The van der Waals surface area contributed by atoms with Gasteiger partial charge in [0.1, 0.15) is 36.9 Å². The van der Waals surface area contributed by atoms with Crippen LogP contribution in [0.1, 0.15) is 137 Å². The monoisotopic (exact) mass is 1680 g/mol. The minimum atomic E-state index is -2.63. The molecule has 2 saturated heterocycles. The van der Waals surface area contributed by atoms with Crippen LogP contribution in [0.4, 0.5) is 22.1 Å². The highest BCUT2D eigenvalue weighted by Gasteiger charge is 2.79. The summed E-state index contributed by atoms with van der Waals surface area (Å²) in [6.07, 6.45) is 1.30. The molecule has 5 amide bonds. The van der Waals surface area contributed by atoms with Crippen molar-refractivity contribution in [3.63, 3.8) is 0 Å². The summed E-state index contributed by atoms with van der Waals surface area (Å²) in [5.41, 5.74) is 9.36. The van der Waals surface area contributed by atoms with Crippen molar-refractivity contribution in [1.29, 1.82) is 0 Å². The second-order valence-electron chi connectivity index (χ2n) is 31.9. The van der Waals surface area contributed by atoms with Crippen molar-refractivity contribution in [3.05, 3.63) is 123 Å². The molecule has 12 rings (SSSR count). The Morgan fingerprint density at radius 1 is 0.849 bits per heavy atom. The average molecular weight is 1680 g/mol. The molecular formula is C81H101N15O21S2. The van der Waals surface area contributed by atoms with Gasteiger partial charge in [-0.2, -0.15) is 4.98 Å². The van der Waals surface area contributed by atoms with Crippen molar-refractivity contribution in [2.45, 2.75) is 170 Å². The molecule has 1 spiro atoms. The van der Waals surface area contributed by atoms with E-state index in [1.807, 2.05) is 48.2 Å². The lowest BCUT2D eigenvalue weighted by Gasteiger charge is -2.63. The number of carboxylic acids is 3. The highest BCUT2D eigenvalue weighted by atomic mass is 33.1. The molecule has 3 aromatic carbocycles. The van der Waals surface area contributed by atoms with Gasteiger partial charge in [-0.25, -0.2) is 25.0 Å². The van der Waals surface area contributed by atoms with Gasteiger partial charge in [0.15, 0.2) is 22.5 Å². The third-order valence-corrected chi connectivity index (χ3v) is 27.1. The predicted octanol–water partition coefficient (Wildman–Crippen LogP) is 3.99. The number of fused-ring (bicyclic) bond motifs is 7. The number of Topliss-reactive ketones (excluding diaryl/α,β-unsaturated/α-hetero) is 2. The first kappa shape index (κ1) is 87.5. The topological polar surface area (TPSA) is 521 Å². The zero-order valence-electron chi connectivity index (χ0n) is 67.0.